The van der Waals surface area contributed by atoms with Crippen LogP contribution in [0.4, 0.5) is 5.69 Å². The van der Waals surface area contributed by atoms with Crippen LogP contribution in [0.25, 0.3) is 22.6 Å². The van der Waals surface area contributed by atoms with Gasteiger partial charge in [-0.1, -0.05) is 17.7 Å². The minimum atomic E-state index is -0.141. The normalized spacial score (nSPS) is 10.8. The number of carbonyl (C=O) groups is 1. The van der Waals surface area contributed by atoms with Crippen molar-refractivity contribution in [2.45, 2.75) is 13.8 Å². The molecule has 0 aliphatic rings. The van der Waals surface area contributed by atoms with Gasteiger partial charge in [0.25, 0.3) is 5.91 Å². The third-order valence-electron chi connectivity index (χ3n) is 4.18. The van der Waals surface area contributed by atoms with Gasteiger partial charge in [-0.25, -0.2) is 4.98 Å². The number of hydrogen-bond donors (Lipinski definition) is 1. The molecule has 1 N–H and O–H groups in total. The SMILES string of the molecule is Cc1ccc(C(=O)Nc2ccc3oc(-c4cccnc4)nc3c2)c(C)c1. The summed E-state index contributed by atoms with van der Waals surface area (Å²) in [4.78, 5) is 21.1. The first kappa shape index (κ1) is 16.0. The number of pyridine rings is 1. The van der Waals surface area contributed by atoms with Crippen LogP contribution in [0.5, 0.6) is 0 Å². The zero-order chi connectivity index (χ0) is 18.1. The van der Waals surface area contributed by atoms with Crippen molar-refractivity contribution in [3.8, 4) is 11.5 Å². The first-order valence-electron chi connectivity index (χ1n) is 8.30. The Labute approximate surface area is 150 Å². The molecule has 0 aliphatic carbocycles. The first-order chi connectivity index (χ1) is 12.6. The Morgan fingerprint density at radius 1 is 1.08 bits per heavy atom. The molecular weight excluding hydrogens is 326 g/mol. The van der Waals surface area contributed by atoms with Crippen LogP contribution in [0.15, 0.2) is 65.3 Å². The molecule has 2 aromatic heterocycles. The number of nitrogens with one attached hydrogen (secondary N) is 1. The van der Waals surface area contributed by atoms with Crippen LogP contribution in [0.1, 0.15) is 21.5 Å². The standard InChI is InChI=1S/C21H17N3O2/c1-13-5-7-17(14(2)10-13)20(25)23-16-6-8-19-18(11-16)24-21(26-19)15-4-3-9-22-12-15/h3-12H,1-2H3,(H,23,25). The zero-order valence-electron chi connectivity index (χ0n) is 14.5. The summed E-state index contributed by atoms with van der Waals surface area (Å²) in [5.41, 5.74) is 5.57. The maximum atomic E-state index is 12.5. The van der Waals surface area contributed by atoms with E-state index in [0.717, 1.165) is 16.7 Å². The highest BCUT2D eigenvalue weighted by atomic mass is 16.3. The van der Waals surface area contributed by atoms with Gasteiger partial charge in [0.1, 0.15) is 5.52 Å². The van der Waals surface area contributed by atoms with Crippen molar-refractivity contribution in [2.24, 2.45) is 0 Å². The van der Waals surface area contributed by atoms with Gasteiger partial charge >= 0.3 is 0 Å². The van der Waals surface area contributed by atoms with Crippen molar-refractivity contribution in [3.05, 3.63) is 77.6 Å². The molecule has 0 unspecified atom stereocenters. The molecule has 4 aromatic rings. The highest BCUT2D eigenvalue weighted by molar-refractivity contribution is 6.05. The van der Waals surface area contributed by atoms with E-state index in [0.29, 0.717) is 28.2 Å². The monoisotopic (exact) mass is 343 g/mol. The van der Waals surface area contributed by atoms with E-state index in [4.69, 9.17) is 4.42 Å². The first-order valence-corrected chi connectivity index (χ1v) is 8.30. The average Bonchev–Trinajstić information content (AvgIpc) is 3.05. The lowest BCUT2D eigenvalue weighted by atomic mass is 10.1. The van der Waals surface area contributed by atoms with E-state index < -0.39 is 0 Å². The van der Waals surface area contributed by atoms with Crippen LogP contribution >= 0.6 is 0 Å². The molecule has 1 amide bonds. The summed E-state index contributed by atoms with van der Waals surface area (Å²) >= 11 is 0. The topological polar surface area (TPSA) is 68.0 Å². The maximum Gasteiger partial charge on any atom is 0.255 e. The largest absolute Gasteiger partial charge is 0.436 e. The highest BCUT2D eigenvalue weighted by Crippen LogP contribution is 2.26. The number of aryl methyl sites for hydroxylation is 2. The molecule has 0 aliphatic heterocycles. The van der Waals surface area contributed by atoms with Gasteiger partial charge in [0.05, 0.1) is 5.56 Å². The van der Waals surface area contributed by atoms with E-state index in [1.807, 2.05) is 50.2 Å². The molecule has 5 nitrogen and oxygen atoms in total. The summed E-state index contributed by atoms with van der Waals surface area (Å²) in [5, 5.41) is 2.93. The minimum Gasteiger partial charge on any atom is -0.436 e. The Morgan fingerprint density at radius 2 is 1.96 bits per heavy atom. The van der Waals surface area contributed by atoms with Crippen molar-refractivity contribution in [2.75, 3.05) is 5.32 Å². The van der Waals surface area contributed by atoms with Gasteiger partial charge in [0.2, 0.25) is 5.89 Å². The van der Waals surface area contributed by atoms with E-state index in [9.17, 15) is 4.79 Å². The molecule has 5 heteroatoms. The second kappa shape index (κ2) is 6.44. The maximum absolute atomic E-state index is 12.5. The van der Waals surface area contributed by atoms with Crippen molar-refractivity contribution >= 4 is 22.7 Å². The van der Waals surface area contributed by atoms with Crippen LogP contribution in [-0.2, 0) is 0 Å². The summed E-state index contributed by atoms with van der Waals surface area (Å²) < 4.78 is 5.77. The molecule has 0 atom stereocenters. The van der Waals surface area contributed by atoms with E-state index in [2.05, 4.69) is 15.3 Å². The number of aromatic nitrogens is 2. The van der Waals surface area contributed by atoms with Crippen LogP contribution in [-0.4, -0.2) is 15.9 Å². The number of anilines is 1. The van der Waals surface area contributed by atoms with Gasteiger partial charge in [-0.2, -0.15) is 0 Å². The minimum absolute atomic E-state index is 0.141. The summed E-state index contributed by atoms with van der Waals surface area (Å²) in [6.07, 6.45) is 3.40. The number of amides is 1. The Bertz CT molecular complexity index is 1100. The fourth-order valence-electron chi connectivity index (χ4n) is 2.88. The van der Waals surface area contributed by atoms with Crippen molar-refractivity contribution < 1.29 is 9.21 Å². The highest BCUT2D eigenvalue weighted by Gasteiger charge is 2.12. The second-order valence-electron chi connectivity index (χ2n) is 6.22. The molecule has 0 spiro atoms. The summed E-state index contributed by atoms with van der Waals surface area (Å²) in [5.74, 6) is 0.365. The van der Waals surface area contributed by atoms with Crippen molar-refractivity contribution in [1.29, 1.82) is 0 Å². The lowest BCUT2D eigenvalue weighted by Gasteiger charge is -2.08. The van der Waals surface area contributed by atoms with Crippen LogP contribution in [0, 0.1) is 13.8 Å². The molecule has 0 saturated carbocycles. The third kappa shape index (κ3) is 3.07. The van der Waals surface area contributed by atoms with Gasteiger partial charge in [-0.15, -0.1) is 0 Å². The molecule has 4 rings (SSSR count). The molecule has 0 bridgehead atoms. The zero-order valence-corrected chi connectivity index (χ0v) is 14.5. The Balaban J connectivity index is 1.62. The predicted octanol–water partition coefficient (Wildman–Crippen LogP) is 4.76. The van der Waals surface area contributed by atoms with Gasteiger partial charge in [-0.3, -0.25) is 9.78 Å². The summed E-state index contributed by atoms with van der Waals surface area (Å²) in [6, 6.07) is 14.9. The number of carbonyl (C=O) groups excluding carboxylic acids is 1. The summed E-state index contributed by atoms with van der Waals surface area (Å²) in [7, 11) is 0. The number of nitrogens with zero attached hydrogens (tertiary/aromatic N) is 2. The van der Waals surface area contributed by atoms with Crippen LogP contribution < -0.4 is 5.32 Å². The quantitative estimate of drug-likeness (QED) is 0.582. The fourth-order valence-corrected chi connectivity index (χ4v) is 2.88. The third-order valence-corrected chi connectivity index (χ3v) is 4.18. The van der Waals surface area contributed by atoms with Crippen LogP contribution in [0.3, 0.4) is 0 Å². The smallest absolute Gasteiger partial charge is 0.255 e. The Hall–Kier alpha value is -3.47. The van der Waals surface area contributed by atoms with Gasteiger partial charge in [0, 0.05) is 23.6 Å². The molecular formula is C21H17N3O2. The van der Waals surface area contributed by atoms with E-state index in [1.54, 1.807) is 24.5 Å². The predicted molar refractivity (Wildman–Crippen MR) is 101 cm³/mol. The van der Waals surface area contributed by atoms with Crippen LogP contribution in [0.2, 0.25) is 0 Å². The molecule has 26 heavy (non-hydrogen) atoms. The van der Waals surface area contributed by atoms with E-state index in [1.165, 1.54) is 0 Å². The number of rotatable bonds is 3. The van der Waals surface area contributed by atoms with Gasteiger partial charge in [-0.05, 0) is 55.8 Å². The van der Waals surface area contributed by atoms with Crippen molar-refractivity contribution in [3.63, 3.8) is 0 Å². The second-order valence-corrected chi connectivity index (χ2v) is 6.22. The van der Waals surface area contributed by atoms with Gasteiger partial charge < -0.3 is 9.73 Å². The molecule has 0 radical (unpaired) electrons. The molecule has 2 aromatic carbocycles. The molecule has 0 fully saturated rings. The average molecular weight is 343 g/mol. The molecule has 2 heterocycles. The van der Waals surface area contributed by atoms with E-state index in [-0.39, 0.29) is 5.91 Å². The summed E-state index contributed by atoms with van der Waals surface area (Å²) in [6.45, 7) is 3.94. The Morgan fingerprint density at radius 3 is 2.73 bits per heavy atom. The lowest BCUT2D eigenvalue weighted by Crippen LogP contribution is -2.13. The number of hydrogen-bond acceptors (Lipinski definition) is 4. The van der Waals surface area contributed by atoms with E-state index >= 15 is 0 Å². The molecule has 0 saturated heterocycles. The number of oxazole rings is 1. The van der Waals surface area contributed by atoms with Crippen molar-refractivity contribution in [1.82, 2.24) is 9.97 Å². The molecule has 128 valence electrons. The Kier molecular flexibility index (Phi) is 3.97. The fraction of sp³-hybridized carbons (Fsp3) is 0.0952. The number of fused-ring (bicyclic) bond motifs is 1. The lowest BCUT2D eigenvalue weighted by molar-refractivity contribution is 0.102. The number of benzene rings is 2. The van der Waals surface area contributed by atoms with Gasteiger partial charge in [0.15, 0.2) is 5.58 Å².